The lowest BCUT2D eigenvalue weighted by atomic mass is 9.82. The minimum Gasteiger partial charge on any atom is -0.378 e. The van der Waals surface area contributed by atoms with E-state index in [2.05, 4.69) is 17.3 Å². The SMILES string of the molecule is CN1C2CCCC1CC(NC1COC1)C2. The van der Waals surface area contributed by atoms with Gasteiger partial charge in [0, 0.05) is 18.1 Å². The van der Waals surface area contributed by atoms with Crippen LogP contribution in [0.15, 0.2) is 0 Å². The Balaban J connectivity index is 1.58. The van der Waals surface area contributed by atoms with Crippen LogP contribution >= 0.6 is 0 Å². The molecule has 2 atom stereocenters. The average Bonchev–Trinajstić information content (AvgIpc) is 2.12. The van der Waals surface area contributed by atoms with Gasteiger partial charge >= 0.3 is 0 Å². The number of rotatable bonds is 2. The normalized spacial score (nSPS) is 42.6. The lowest BCUT2D eigenvalue weighted by Gasteiger charge is -2.48. The third-order valence-electron chi connectivity index (χ3n) is 4.45. The monoisotopic (exact) mass is 210 g/mol. The maximum Gasteiger partial charge on any atom is 0.0643 e. The number of nitrogens with one attached hydrogen (secondary N) is 1. The fourth-order valence-electron chi connectivity index (χ4n) is 3.42. The summed E-state index contributed by atoms with van der Waals surface area (Å²) in [5, 5.41) is 3.75. The van der Waals surface area contributed by atoms with Gasteiger partial charge in [-0.2, -0.15) is 0 Å². The van der Waals surface area contributed by atoms with Gasteiger partial charge in [-0.3, -0.25) is 0 Å². The first kappa shape index (κ1) is 10.1. The van der Waals surface area contributed by atoms with Crippen LogP contribution in [0.3, 0.4) is 0 Å². The van der Waals surface area contributed by atoms with Crippen LogP contribution in [0.5, 0.6) is 0 Å². The minimum atomic E-state index is 0.652. The summed E-state index contributed by atoms with van der Waals surface area (Å²) in [5.74, 6) is 0. The van der Waals surface area contributed by atoms with Crippen molar-refractivity contribution in [2.45, 2.75) is 56.3 Å². The summed E-state index contributed by atoms with van der Waals surface area (Å²) in [5.41, 5.74) is 0. The van der Waals surface area contributed by atoms with Crippen molar-refractivity contribution in [3.8, 4) is 0 Å². The van der Waals surface area contributed by atoms with Crippen LogP contribution in [0.4, 0.5) is 0 Å². The molecule has 3 aliphatic heterocycles. The second-order valence-corrected chi connectivity index (χ2v) is 5.47. The minimum absolute atomic E-state index is 0.652. The molecule has 3 rings (SSSR count). The molecule has 15 heavy (non-hydrogen) atoms. The number of nitrogens with zero attached hydrogens (tertiary/aromatic N) is 1. The van der Waals surface area contributed by atoms with Gasteiger partial charge in [-0.25, -0.2) is 0 Å². The smallest absolute Gasteiger partial charge is 0.0643 e. The first-order valence-corrected chi connectivity index (χ1v) is 6.38. The van der Waals surface area contributed by atoms with E-state index in [0.29, 0.717) is 6.04 Å². The summed E-state index contributed by atoms with van der Waals surface area (Å²) >= 11 is 0. The fraction of sp³-hybridized carbons (Fsp3) is 1.00. The summed E-state index contributed by atoms with van der Waals surface area (Å²) in [6.45, 7) is 1.86. The number of piperidine rings is 2. The van der Waals surface area contributed by atoms with Gasteiger partial charge < -0.3 is 15.0 Å². The molecule has 3 heterocycles. The average molecular weight is 210 g/mol. The van der Waals surface area contributed by atoms with Gasteiger partial charge in [0.05, 0.1) is 19.3 Å². The zero-order chi connectivity index (χ0) is 10.3. The highest BCUT2D eigenvalue weighted by Gasteiger charge is 2.37. The van der Waals surface area contributed by atoms with E-state index in [4.69, 9.17) is 4.74 Å². The largest absolute Gasteiger partial charge is 0.378 e. The van der Waals surface area contributed by atoms with E-state index in [9.17, 15) is 0 Å². The van der Waals surface area contributed by atoms with Crippen molar-refractivity contribution < 1.29 is 4.74 Å². The van der Waals surface area contributed by atoms with Crippen molar-refractivity contribution in [1.82, 2.24) is 10.2 Å². The van der Waals surface area contributed by atoms with E-state index < -0.39 is 0 Å². The Hall–Kier alpha value is -0.120. The lowest BCUT2D eigenvalue weighted by Crippen LogP contribution is -2.58. The summed E-state index contributed by atoms with van der Waals surface area (Å²) in [4.78, 5) is 2.62. The van der Waals surface area contributed by atoms with Crippen LogP contribution in [0.25, 0.3) is 0 Å². The molecule has 0 aromatic carbocycles. The van der Waals surface area contributed by atoms with Gasteiger partial charge in [0.1, 0.15) is 0 Å². The van der Waals surface area contributed by atoms with Crippen molar-refractivity contribution in [3.63, 3.8) is 0 Å². The topological polar surface area (TPSA) is 24.5 Å². The molecule has 3 fully saturated rings. The zero-order valence-electron chi connectivity index (χ0n) is 9.61. The van der Waals surface area contributed by atoms with Crippen LogP contribution in [-0.4, -0.2) is 49.3 Å². The van der Waals surface area contributed by atoms with Gasteiger partial charge in [-0.15, -0.1) is 0 Å². The Morgan fingerprint density at radius 3 is 2.27 bits per heavy atom. The number of hydrogen-bond donors (Lipinski definition) is 1. The maximum absolute atomic E-state index is 5.22. The Labute approximate surface area is 92.2 Å². The Bertz CT molecular complexity index is 216. The molecule has 0 spiro atoms. The standard InChI is InChI=1S/C12H22N2O/c1-14-11-3-2-4-12(14)6-9(5-11)13-10-7-15-8-10/h9-13H,2-8H2,1H3. The molecule has 2 bridgehead atoms. The van der Waals surface area contributed by atoms with Crippen molar-refractivity contribution in [2.75, 3.05) is 20.3 Å². The van der Waals surface area contributed by atoms with Crippen molar-refractivity contribution in [3.05, 3.63) is 0 Å². The summed E-state index contributed by atoms with van der Waals surface area (Å²) in [7, 11) is 2.32. The molecule has 3 nitrogen and oxygen atoms in total. The Kier molecular flexibility index (Phi) is 2.71. The van der Waals surface area contributed by atoms with E-state index in [1.54, 1.807) is 0 Å². The van der Waals surface area contributed by atoms with Crippen LogP contribution in [0.2, 0.25) is 0 Å². The second kappa shape index (κ2) is 4.04. The zero-order valence-corrected chi connectivity index (χ0v) is 9.61. The molecule has 0 amide bonds. The molecule has 0 aromatic heterocycles. The molecular weight excluding hydrogens is 188 g/mol. The predicted molar refractivity (Wildman–Crippen MR) is 60.0 cm³/mol. The predicted octanol–water partition coefficient (Wildman–Crippen LogP) is 0.990. The molecule has 1 N–H and O–H groups in total. The molecule has 0 radical (unpaired) electrons. The van der Waals surface area contributed by atoms with Gasteiger partial charge in [0.25, 0.3) is 0 Å². The first-order chi connectivity index (χ1) is 7.33. The van der Waals surface area contributed by atoms with Gasteiger partial charge in [-0.05, 0) is 32.7 Å². The lowest BCUT2D eigenvalue weighted by molar-refractivity contribution is -0.0239. The van der Waals surface area contributed by atoms with E-state index in [-0.39, 0.29) is 0 Å². The van der Waals surface area contributed by atoms with E-state index in [0.717, 1.165) is 31.3 Å². The quantitative estimate of drug-likeness (QED) is 0.735. The maximum atomic E-state index is 5.22. The summed E-state index contributed by atoms with van der Waals surface area (Å²) < 4.78 is 5.22. The molecule has 0 aliphatic carbocycles. The second-order valence-electron chi connectivity index (χ2n) is 5.47. The molecule has 0 aromatic rings. The van der Waals surface area contributed by atoms with E-state index >= 15 is 0 Å². The highest BCUT2D eigenvalue weighted by molar-refractivity contribution is 4.95. The molecule has 3 heteroatoms. The van der Waals surface area contributed by atoms with Crippen molar-refractivity contribution >= 4 is 0 Å². The highest BCUT2D eigenvalue weighted by Crippen LogP contribution is 2.32. The number of fused-ring (bicyclic) bond motifs is 2. The van der Waals surface area contributed by atoms with Crippen LogP contribution in [0.1, 0.15) is 32.1 Å². The third kappa shape index (κ3) is 1.93. The van der Waals surface area contributed by atoms with Crippen LogP contribution in [-0.2, 0) is 4.74 Å². The summed E-state index contributed by atoms with van der Waals surface area (Å²) in [6, 6.07) is 3.09. The molecule has 3 aliphatic rings. The van der Waals surface area contributed by atoms with Gasteiger partial charge in [-0.1, -0.05) is 6.42 Å². The highest BCUT2D eigenvalue weighted by atomic mass is 16.5. The molecule has 0 saturated carbocycles. The molecule has 86 valence electrons. The molecule has 2 unspecified atom stereocenters. The number of ether oxygens (including phenoxy) is 1. The molecular formula is C12H22N2O. The Morgan fingerprint density at radius 2 is 1.73 bits per heavy atom. The van der Waals surface area contributed by atoms with E-state index in [1.165, 1.54) is 32.1 Å². The van der Waals surface area contributed by atoms with Crippen LogP contribution in [0, 0.1) is 0 Å². The van der Waals surface area contributed by atoms with Gasteiger partial charge in [0.2, 0.25) is 0 Å². The van der Waals surface area contributed by atoms with E-state index in [1.807, 2.05) is 0 Å². The summed E-state index contributed by atoms with van der Waals surface area (Å²) in [6.07, 6.45) is 6.96. The van der Waals surface area contributed by atoms with Crippen molar-refractivity contribution in [1.29, 1.82) is 0 Å². The first-order valence-electron chi connectivity index (χ1n) is 6.38. The van der Waals surface area contributed by atoms with Crippen LogP contribution < -0.4 is 5.32 Å². The Morgan fingerprint density at radius 1 is 1.07 bits per heavy atom. The molecule has 3 saturated heterocycles. The fourth-order valence-corrected chi connectivity index (χ4v) is 3.42. The number of hydrogen-bond acceptors (Lipinski definition) is 3. The van der Waals surface area contributed by atoms with Gasteiger partial charge in [0.15, 0.2) is 0 Å². The third-order valence-corrected chi connectivity index (χ3v) is 4.45. The van der Waals surface area contributed by atoms with Crippen molar-refractivity contribution in [2.24, 2.45) is 0 Å².